The van der Waals surface area contributed by atoms with Gasteiger partial charge in [0, 0.05) is 33.0 Å². The number of hydrogen-bond acceptors (Lipinski definition) is 4. The largest absolute Gasteiger partial charge is 0.309 e. The Morgan fingerprint density at radius 3 is 2.14 bits per heavy atom. The van der Waals surface area contributed by atoms with Crippen LogP contribution >= 0.6 is 0 Å². The summed E-state index contributed by atoms with van der Waals surface area (Å²) in [5.74, 6) is 1.24. The molecule has 0 radical (unpaired) electrons. The molecule has 0 unspecified atom stereocenters. The molecule has 0 amide bonds. The molecule has 42 heavy (non-hydrogen) atoms. The second kappa shape index (κ2) is 8.85. The first-order valence-electron chi connectivity index (χ1n) is 14.0. The van der Waals surface area contributed by atoms with Gasteiger partial charge in [-0.05, 0) is 47.3 Å². The molecular weight excluding hydrogens is 514 g/mol. The molecule has 0 bridgehead atoms. The number of rotatable bonds is 3. The highest BCUT2D eigenvalue weighted by atomic mass is 15.3. The predicted octanol–water partition coefficient (Wildman–Crippen LogP) is 9.24. The first-order chi connectivity index (χ1) is 20.8. The van der Waals surface area contributed by atoms with Crippen LogP contribution in [0.15, 0.2) is 140 Å². The van der Waals surface area contributed by atoms with Crippen molar-refractivity contribution in [2.24, 2.45) is 0 Å². The van der Waals surface area contributed by atoms with E-state index in [0.717, 1.165) is 33.7 Å². The van der Waals surface area contributed by atoms with Gasteiger partial charge in [-0.15, -0.1) is 0 Å². The molecule has 5 heteroatoms. The maximum atomic E-state index is 5.03. The summed E-state index contributed by atoms with van der Waals surface area (Å²) in [6.45, 7) is 0. The summed E-state index contributed by atoms with van der Waals surface area (Å²) in [6, 6.07) is 46.9. The van der Waals surface area contributed by atoms with Crippen molar-refractivity contribution in [3.63, 3.8) is 0 Å². The van der Waals surface area contributed by atoms with Crippen molar-refractivity contribution < 1.29 is 0 Å². The highest BCUT2D eigenvalue weighted by molar-refractivity contribution is 6.18. The topological polar surface area (TPSA) is 46.8 Å². The summed E-state index contributed by atoms with van der Waals surface area (Å²) in [5.41, 5.74) is 8.86. The van der Waals surface area contributed by atoms with Gasteiger partial charge in [-0.25, -0.2) is 9.97 Å². The average Bonchev–Trinajstić information content (AvgIpc) is 3.38. The molecule has 3 heterocycles. The number of fused-ring (bicyclic) bond motifs is 5. The average molecular weight is 538 g/mol. The normalized spacial score (nSPS) is 12.2. The minimum Gasteiger partial charge on any atom is -0.309 e. The van der Waals surface area contributed by atoms with E-state index in [1.165, 1.54) is 32.6 Å². The van der Waals surface area contributed by atoms with Crippen LogP contribution in [0.1, 0.15) is 0 Å². The molecule has 0 N–H and O–H groups in total. The highest BCUT2D eigenvalue weighted by Gasteiger charge is 2.29. The molecule has 1 aliphatic heterocycles. The van der Waals surface area contributed by atoms with Crippen molar-refractivity contribution in [2.45, 2.75) is 0 Å². The lowest BCUT2D eigenvalue weighted by molar-refractivity contribution is 1.02. The number of hydrogen-bond donors (Lipinski definition) is 0. The van der Waals surface area contributed by atoms with E-state index in [-0.39, 0.29) is 0 Å². The summed E-state index contributed by atoms with van der Waals surface area (Å²) in [7, 11) is 0. The Balaban J connectivity index is 1.40. The van der Waals surface area contributed by atoms with Gasteiger partial charge in [0.2, 0.25) is 5.95 Å². The molecule has 5 nitrogen and oxygen atoms in total. The van der Waals surface area contributed by atoms with Gasteiger partial charge >= 0.3 is 0 Å². The van der Waals surface area contributed by atoms with Crippen LogP contribution in [0.25, 0.3) is 60.8 Å². The molecule has 6 aromatic carbocycles. The number of nitrogens with zero attached hydrogens (tertiary/aromatic N) is 5. The van der Waals surface area contributed by atoms with Gasteiger partial charge in [-0.1, -0.05) is 97.1 Å². The molecule has 0 saturated heterocycles. The third-order valence-corrected chi connectivity index (χ3v) is 8.25. The molecule has 0 aliphatic carbocycles. The van der Waals surface area contributed by atoms with Gasteiger partial charge < -0.3 is 4.57 Å². The summed E-state index contributed by atoms with van der Waals surface area (Å²) < 4.78 is 2.35. The van der Waals surface area contributed by atoms with E-state index in [2.05, 4.69) is 118 Å². The SMILES string of the molecule is c1ccc(-c2ncnc(N3c4cc5c(cc4-c4cccc6cccc3c46)c3ccccc3n5-c3ccccc3)n2)cc1. The lowest BCUT2D eigenvalue weighted by Gasteiger charge is -2.32. The summed E-state index contributed by atoms with van der Waals surface area (Å²) in [4.78, 5) is 16.5. The predicted molar refractivity (Wildman–Crippen MR) is 171 cm³/mol. The fraction of sp³-hybridized carbons (Fsp3) is 0. The second-order valence-corrected chi connectivity index (χ2v) is 10.6. The van der Waals surface area contributed by atoms with Crippen molar-refractivity contribution in [1.82, 2.24) is 19.5 Å². The van der Waals surface area contributed by atoms with E-state index < -0.39 is 0 Å². The third kappa shape index (κ3) is 3.28. The molecule has 0 atom stereocenters. The molecule has 9 rings (SSSR count). The quantitative estimate of drug-likeness (QED) is 0.225. The molecule has 1 aliphatic rings. The third-order valence-electron chi connectivity index (χ3n) is 8.25. The standard InChI is InChI=1S/C37H23N5/c1-3-11-25(12-4-1)36-38-23-39-37(40-36)42-32-20-10-14-24-13-9-18-28(35(24)32)30-21-29-27-17-7-8-19-31(27)41(33(29)22-34(30)42)26-15-5-2-6-16-26/h1-23H. The highest BCUT2D eigenvalue weighted by Crippen LogP contribution is 2.52. The van der Waals surface area contributed by atoms with E-state index in [4.69, 9.17) is 9.97 Å². The van der Waals surface area contributed by atoms with Crippen LogP contribution in [-0.4, -0.2) is 19.5 Å². The lowest BCUT2D eigenvalue weighted by Crippen LogP contribution is -2.18. The molecule has 196 valence electrons. The maximum Gasteiger partial charge on any atom is 0.238 e. The monoisotopic (exact) mass is 537 g/mol. The Hall–Kier alpha value is -5.81. The second-order valence-electron chi connectivity index (χ2n) is 10.6. The molecule has 0 spiro atoms. The van der Waals surface area contributed by atoms with Crippen molar-refractivity contribution in [3.05, 3.63) is 140 Å². The molecular formula is C37H23N5. The minimum atomic E-state index is 0.592. The number of anilines is 3. The fourth-order valence-electron chi connectivity index (χ4n) is 6.46. The maximum absolute atomic E-state index is 5.03. The molecule has 0 saturated carbocycles. The van der Waals surface area contributed by atoms with Crippen molar-refractivity contribution in [3.8, 4) is 28.2 Å². The van der Waals surface area contributed by atoms with Crippen molar-refractivity contribution in [1.29, 1.82) is 0 Å². The molecule has 2 aromatic heterocycles. The first kappa shape index (κ1) is 22.9. The van der Waals surface area contributed by atoms with E-state index in [9.17, 15) is 0 Å². The van der Waals surface area contributed by atoms with E-state index in [0.29, 0.717) is 11.8 Å². The zero-order valence-corrected chi connectivity index (χ0v) is 22.5. The Morgan fingerprint density at radius 2 is 1.29 bits per heavy atom. The van der Waals surface area contributed by atoms with Gasteiger partial charge in [-0.2, -0.15) is 4.98 Å². The Labute approximate surface area is 242 Å². The summed E-state index contributed by atoms with van der Waals surface area (Å²) >= 11 is 0. The number of benzene rings is 6. The van der Waals surface area contributed by atoms with Gasteiger partial charge in [0.1, 0.15) is 6.33 Å². The van der Waals surface area contributed by atoms with Gasteiger partial charge in [-0.3, -0.25) is 4.90 Å². The zero-order valence-electron chi connectivity index (χ0n) is 22.5. The van der Waals surface area contributed by atoms with Crippen molar-refractivity contribution in [2.75, 3.05) is 4.90 Å². The van der Waals surface area contributed by atoms with E-state index >= 15 is 0 Å². The van der Waals surface area contributed by atoms with Crippen LogP contribution < -0.4 is 4.90 Å². The number of para-hydroxylation sites is 2. The molecule has 0 fully saturated rings. The van der Waals surface area contributed by atoms with E-state index in [1.807, 2.05) is 30.3 Å². The van der Waals surface area contributed by atoms with Crippen LogP contribution in [0.5, 0.6) is 0 Å². The van der Waals surface area contributed by atoms with E-state index in [1.54, 1.807) is 6.33 Å². The smallest absolute Gasteiger partial charge is 0.238 e. The minimum absolute atomic E-state index is 0.592. The summed E-state index contributed by atoms with van der Waals surface area (Å²) in [5, 5.41) is 4.82. The van der Waals surface area contributed by atoms with Gasteiger partial charge in [0.25, 0.3) is 0 Å². The van der Waals surface area contributed by atoms with Crippen LogP contribution in [0, 0.1) is 0 Å². The van der Waals surface area contributed by atoms with Crippen LogP contribution in [0.4, 0.5) is 17.3 Å². The zero-order chi connectivity index (χ0) is 27.6. The van der Waals surface area contributed by atoms with Crippen LogP contribution in [-0.2, 0) is 0 Å². The summed E-state index contributed by atoms with van der Waals surface area (Å²) in [6.07, 6.45) is 1.62. The Bertz CT molecular complexity index is 2300. The van der Waals surface area contributed by atoms with Crippen LogP contribution in [0.3, 0.4) is 0 Å². The number of aromatic nitrogens is 4. The molecule has 8 aromatic rings. The van der Waals surface area contributed by atoms with Gasteiger partial charge in [0.15, 0.2) is 5.82 Å². The lowest BCUT2D eigenvalue weighted by atomic mass is 9.90. The van der Waals surface area contributed by atoms with Crippen LogP contribution in [0.2, 0.25) is 0 Å². The Morgan fingerprint density at radius 1 is 0.524 bits per heavy atom. The van der Waals surface area contributed by atoms with Crippen molar-refractivity contribution >= 4 is 49.9 Å². The fourth-order valence-corrected chi connectivity index (χ4v) is 6.46. The first-order valence-corrected chi connectivity index (χ1v) is 14.0. The van der Waals surface area contributed by atoms with Gasteiger partial charge in [0.05, 0.1) is 22.4 Å². The Kier molecular flexibility index (Phi) is 4.83.